The fraction of sp³-hybridized carbons (Fsp3) is 0.538. The molecule has 2 aromatic rings. The van der Waals surface area contributed by atoms with Gasteiger partial charge in [0.25, 0.3) is 5.56 Å². The average molecular weight is 281 g/mol. The van der Waals surface area contributed by atoms with Crippen LogP contribution in [0.25, 0.3) is 10.2 Å². The molecule has 2 heterocycles. The fourth-order valence-corrected chi connectivity index (χ4v) is 2.76. The lowest BCUT2D eigenvalue weighted by Crippen LogP contribution is -2.34. The molecule has 0 aliphatic carbocycles. The van der Waals surface area contributed by atoms with E-state index in [1.54, 1.807) is 0 Å². The summed E-state index contributed by atoms with van der Waals surface area (Å²) >= 11 is 1.39. The SMILES string of the molecule is CC(C)CC(CO)NCc1nc2ccsc2c(=O)[nH]1. The molecule has 6 heteroatoms. The Kier molecular flexibility index (Phi) is 4.68. The summed E-state index contributed by atoms with van der Waals surface area (Å²) in [5, 5.41) is 14.4. The van der Waals surface area contributed by atoms with E-state index in [0.717, 1.165) is 11.9 Å². The highest BCUT2D eigenvalue weighted by atomic mass is 32.1. The van der Waals surface area contributed by atoms with Gasteiger partial charge in [-0.15, -0.1) is 11.3 Å². The molecule has 0 aliphatic rings. The third-order valence-electron chi connectivity index (χ3n) is 2.90. The van der Waals surface area contributed by atoms with E-state index in [1.165, 1.54) is 11.3 Å². The molecule has 0 bridgehead atoms. The van der Waals surface area contributed by atoms with Crippen molar-refractivity contribution in [2.45, 2.75) is 32.9 Å². The summed E-state index contributed by atoms with van der Waals surface area (Å²) in [6.45, 7) is 4.77. The first kappa shape index (κ1) is 14.2. The predicted molar refractivity (Wildman–Crippen MR) is 77.4 cm³/mol. The summed E-state index contributed by atoms with van der Waals surface area (Å²) in [4.78, 5) is 19.0. The Morgan fingerprint density at radius 1 is 1.53 bits per heavy atom. The van der Waals surface area contributed by atoms with E-state index < -0.39 is 0 Å². The first-order chi connectivity index (χ1) is 9.10. The number of aliphatic hydroxyl groups excluding tert-OH is 1. The molecule has 0 radical (unpaired) electrons. The topological polar surface area (TPSA) is 78.0 Å². The molecular formula is C13H19N3O2S. The van der Waals surface area contributed by atoms with E-state index in [9.17, 15) is 9.90 Å². The van der Waals surface area contributed by atoms with E-state index in [0.29, 0.717) is 23.0 Å². The molecule has 104 valence electrons. The van der Waals surface area contributed by atoms with E-state index in [4.69, 9.17) is 0 Å². The number of nitrogens with zero attached hydrogens (tertiary/aromatic N) is 1. The highest BCUT2D eigenvalue weighted by molar-refractivity contribution is 7.17. The molecule has 2 rings (SSSR count). The molecule has 0 saturated heterocycles. The standard InChI is InChI=1S/C13H19N3O2S/c1-8(2)5-9(7-17)14-6-11-15-10-3-4-19-12(10)13(18)16-11/h3-4,8-9,14,17H,5-7H2,1-2H3,(H,15,16,18). The van der Waals surface area contributed by atoms with Gasteiger partial charge in [-0.3, -0.25) is 4.79 Å². The van der Waals surface area contributed by atoms with Gasteiger partial charge in [-0.25, -0.2) is 4.98 Å². The molecule has 2 aromatic heterocycles. The summed E-state index contributed by atoms with van der Waals surface area (Å²) in [5.41, 5.74) is 0.635. The van der Waals surface area contributed by atoms with Crippen LogP contribution in [0.3, 0.4) is 0 Å². The van der Waals surface area contributed by atoms with Crippen molar-refractivity contribution in [2.24, 2.45) is 5.92 Å². The van der Waals surface area contributed by atoms with Crippen LogP contribution >= 0.6 is 11.3 Å². The minimum Gasteiger partial charge on any atom is -0.395 e. The molecule has 0 aliphatic heterocycles. The molecule has 5 nitrogen and oxygen atoms in total. The van der Waals surface area contributed by atoms with Crippen LogP contribution in [0.1, 0.15) is 26.1 Å². The van der Waals surface area contributed by atoms with Crippen LogP contribution in [-0.2, 0) is 6.54 Å². The van der Waals surface area contributed by atoms with Crippen LogP contribution in [-0.4, -0.2) is 27.7 Å². The Balaban J connectivity index is 2.06. The number of aromatic nitrogens is 2. The number of hydrogen-bond acceptors (Lipinski definition) is 5. The van der Waals surface area contributed by atoms with Crippen LogP contribution < -0.4 is 10.9 Å². The second-order valence-electron chi connectivity index (χ2n) is 5.04. The third-order valence-corrected chi connectivity index (χ3v) is 3.80. The van der Waals surface area contributed by atoms with Gasteiger partial charge >= 0.3 is 0 Å². The maximum atomic E-state index is 11.8. The monoisotopic (exact) mass is 281 g/mol. The number of aromatic amines is 1. The Labute approximate surface area is 115 Å². The van der Waals surface area contributed by atoms with Crippen LogP contribution in [0.4, 0.5) is 0 Å². The van der Waals surface area contributed by atoms with Crippen molar-refractivity contribution >= 4 is 21.6 Å². The lowest BCUT2D eigenvalue weighted by Gasteiger charge is -2.17. The van der Waals surface area contributed by atoms with Gasteiger partial charge in [0, 0.05) is 6.04 Å². The van der Waals surface area contributed by atoms with E-state index in [1.807, 2.05) is 11.4 Å². The van der Waals surface area contributed by atoms with Crippen molar-refractivity contribution in [2.75, 3.05) is 6.61 Å². The molecular weight excluding hydrogens is 262 g/mol. The number of rotatable bonds is 6. The summed E-state index contributed by atoms with van der Waals surface area (Å²) in [6.07, 6.45) is 0.890. The second-order valence-corrected chi connectivity index (χ2v) is 5.95. The summed E-state index contributed by atoms with van der Waals surface area (Å²) in [7, 11) is 0. The van der Waals surface area contributed by atoms with Gasteiger partial charge in [0.05, 0.1) is 18.7 Å². The zero-order valence-electron chi connectivity index (χ0n) is 11.1. The molecule has 0 fully saturated rings. The van der Waals surface area contributed by atoms with Crippen LogP contribution in [0.15, 0.2) is 16.2 Å². The lowest BCUT2D eigenvalue weighted by molar-refractivity contribution is 0.223. The Bertz CT molecular complexity index is 591. The summed E-state index contributed by atoms with van der Waals surface area (Å²) in [5.74, 6) is 1.12. The number of thiophene rings is 1. The first-order valence-electron chi connectivity index (χ1n) is 6.40. The summed E-state index contributed by atoms with van der Waals surface area (Å²) in [6, 6.07) is 1.87. The Hall–Kier alpha value is -1.24. The van der Waals surface area contributed by atoms with Crippen molar-refractivity contribution in [3.8, 4) is 0 Å². The normalized spacial score (nSPS) is 13.3. The second kappa shape index (κ2) is 6.27. The van der Waals surface area contributed by atoms with Gasteiger partial charge in [-0.05, 0) is 23.8 Å². The van der Waals surface area contributed by atoms with Crippen LogP contribution in [0, 0.1) is 5.92 Å². The summed E-state index contributed by atoms with van der Waals surface area (Å²) < 4.78 is 0.657. The average Bonchev–Trinajstić information content (AvgIpc) is 2.82. The Morgan fingerprint density at radius 3 is 3.00 bits per heavy atom. The maximum absolute atomic E-state index is 11.8. The Morgan fingerprint density at radius 2 is 2.32 bits per heavy atom. The fourth-order valence-electron chi connectivity index (χ4n) is 2.04. The van der Waals surface area contributed by atoms with Crippen molar-refractivity contribution in [1.29, 1.82) is 0 Å². The van der Waals surface area contributed by atoms with E-state index in [2.05, 4.69) is 29.1 Å². The number of hydrogen-bond donors (Lipinski definition) is 3. The van der Waals surface area contributed by atoms with Crippen molar-refractivity contribution in [1.82, 2.24) is 15.3 Å². The smallest absolute Gasteiger partial charge is 0.268 e. The molecule has 3 N–H and O–H groups in total. The maximum Gasteiger partial charge on any atom is 0.268 e. The molecule has 1 atom stereocenters. The van der Waals surface area contributed by atoms with E-state index in [-0.39, 0.29) is 18.2 Å². The van der Waals surface area contributed by atoms with Crippen molar-refractivity contribution in [3.63, 3.8) is 0 Å². The quantitative estimate of drug-likeness (QED) is 0.749. The molecule has 1 unspecified atom stereocenters. The number of H-pyrrole nitrogens is 1. The number of nitrogens with one attached hydrogen (secondary N) is 2. The zero-order chi connectivity index (χ0) is 13.8. The van der Waals surface area contributed by atoms with Gasteiger partial charge in [0.15, 0.2) is 0 Å². The van der Waals surface area contributed by atoms with Gasteiger partial charge in [0.1, 0.15) is 10.5 Å². The van der Waals surface area contributed by atoms with Crippen LogP contribution in [0.5, 0.6) is 0 Å². The van der Waals surface area contributed by atoms with Crippen molar-refractivity contribution < 1.29 is 5.11 Å². The van der Waals surface area contributed by atoms with Gasteiger partial charge in [-0.1, -0.05) is 13.8 Å². The first-order valence-corrected chi connectivity index (χ1v) is 7.28. The van der Waals surface area contributed by atoms with Gasteiger partial charge in [-0.2, -0.15) is 0 Å². The molecule has 0 spiro atoms. The molecule has 19 heavy (non-hydrogen) atoms. The minimum atomic E-state index is -0.0961. The third kappa shape index (κ3) is 3.62. The molecule has 0 aromatic carbocycles. The highest BCUT2D eigenvalue weighted by Crippen LogP contribution is 2.13. The molecule has 0 saturated carbocycles. The number of aliphatic hydroxyl groups is 1. The van der Waals surface area contributed by atoms with Crippen LogP contribution in [0.2, 0.25) is 0 Å². The predicted octanol–water partition coefficient (Wildman–Crippen LogP) is 1.48. The largest absolute Gasteiger partial charge is 0.395 e. The van der Waals surface area contributed by atoms with Crippen molar-refractivity contribution in [3.05, 3.63) is 27.6 Å². The van der Waals surface area contributed by atoms with Gasteiger partial charge < -0.3 is 15.4 Å². The highest BCUT2D eigenvalue weighted by Gasteiger charge is 2.10. The zero-order valence-corrected chi connectivity index (χ0v) is 12.0. The number of fused-ring (bicyclic) bond motifs is 1. The molecule has 0 amide bonds. The minimum absolute atomic E-state index is 0.0310. The van der Waals surface area contributed by atoms with E-state index >= 15 is 0 Å². The lowest BCUT2D eigenvalue weighted by atomic mass is 10.0. The van der Waals surface area contributed by atoms with Gasteiger partial charge in [0.2, 0.25) is 0 Å².